The fourth-order valence-electron chi connectivity index (χ4n) is 1.51. The Hall–Kier alpha value is -1.46. The van der Waals surface area contributed by atoms with Crippen molar-refractivity contribution in [3.63, 3.8) is 0 Å². The highest BCUT2D eigenvalue weighted by molar-refractivity contribution is 6.36. The van der Waals surface area contributed by atoms with Crippen molar-refractivity contribution in [2.45, 2.75) is 6.04 Å². The Labute approximate surface area is 120 Å². The summed E-state index contributed by atoms with van der Waals surface area (Å²) in [5.74, 6) is -0.518. The number of benzene rings is 1. The van der Waals surface area contributed by atoms with Gasteiger partial charge >= 0.3 is 5.97 Å². The van der Waals surface area contributed by atoms with Crippen molar-refractivity contribution in [2.24, 2.45) is 5.11 Å². The van der Waals surface area contributed by atoms with Gasteiger partial charge in [0.2, 0.25) is 0 Å². The van der Waals surface area contributed by atoms with Crippen LogP contribution in [0.3, 0.4) is 0 Å². The minimum Gasteiger partial charge on any atom is -0.468 e. The van der Waals surface area contributed by atoms with Crippen molar-refractivity contribution in [2.75, 3.05) is 20.2 Å². The molecule has 0 saturated carbocycles. The Balaban J connectivity index is 2.96. The molecule has 1 rings (SSSR count). The van der Waals surface area contributed by atoms with E-state index in [0.29, 0.717) is 22.2 Å². The van der Waals surface area contributed by atoms with Crippen LogP contribution < -0.4 is 5.32 Å². The van der Waals surface area contributed by atoms with Crippen LogP contribution >= 0.6 is 23.2 Å². The molecule has 0 amide bonds. The number of nitrogens with zero attached hydrogens (tertiary/aromatic N) is 3. The molecule has 1 unspecified atom stereocenters. The van der Waals surface area contributed by atoms with Gasteiger partial charge in [-0.3, -0.25) is 0 Å². The summed E-state index contributed by atoms with van der Waals surface area (Å²) in [7, 11) is 1.27. The highest BCUT2D eigenvalue weighted by atomic mass is 35.5. The monoisotopic (exact) mass is 302 g/mol. The Morgan fingerprint density at radius 2 is 2.16 bits per heavy atom. The number of ether oxygens (including phenoxy) is 1. The predicted molar refractivity (Wildman–Crippen MR) is 73.2 cm³/mol. The minimum atomic E-state index is -0.805. The van der Waals surface area contributed by atoms with E-state index in [9.17, 15) is 4.79 Å². The van der Waals surface area contributed by atoms with E-state index < -0.39 is 12.0 Å². The lowest BCUT2D eigenvalue weighted by Gasteiger charge is -2.18. The average Bonchev–Trinajstić information content (AvgIpc) is 2.40. The fraction of sp³-hybridized carbons (Fsp3) is 0.364. The predicted octanol–water partition coefficient (Wildman–Crippen LogP) is 3.11. The quantitative estimate of drug-likeness (QED) is 0.288. The van der Waals surface area contributed by atoms with Crippen LogP contribution in [0.25, 0.3) is 10.4 Å². The van der Waals surface area contributed by atoms with Crippen LogP contribution in [0.1, 0.15) is 11.6 Å². The number of halogens is 2. The number of methoxy groups -OCH3 is 1. The van der Waals surface area contributed by atoms with E-state index in [4.69, 9.17) is 33.5 Å². The van der Waals surface area contributed by atoms with Crippen LogP contribution in [0.15, 0.2) is 23.3 Å². The third-order valence-electron chi connectivity index (χ3n) is 2.35. The van der Waals surface area contributed by atoms with Crippen molar-refractivity contribution in [3.05, 3.63) is 44.3 Å². The first kappa shape index (κ1) is 15.6. The molecule has 8 heteroatoms. The fourth-order valence-corrected chi connectivity index (χ4v) is 2.13. The van der Waals surface area contributed by atoms with E-state index in [-0.39, 0.29) is 6.54 Å². The normalized spacial score (nSPS) is 11.5. The van der Waals surface area contributed by atoms with Gasteiger partial charge in [-0.1, -0.05) is 34.4 Å². The number of esters is 1. The van der Waals surface area contributed by atoms with Crippen LogP contribution in [0, 0.1) is 0 Å². The molecule has 0 heterocycles. The van der Waals surface area contributed by atoms with Gasteiger partial charge in [-0.25, -0.2) is 4.79 Å². The van der Waals surface area contributed by atoms with Crippen molar-refractivity contribution < 1.29 is 9.53 Å². The third-order valence-corrected chi connectivity index (χ3v) is 3.01. The standard InChI is InChI=1S/C11H12Cl2N4O2/c1-19-11(18)10(15-5-6-16-17-14)9-7(12)3-2-4-8(9)13/h2-4,10,15H,5-6H2,1H3. The highest BCUT2D eigenvalue weighted by Crippen LogP contribution is 2.30. The Morgan fingerprint density at radius 1 is 1.53 bits per heavy atom. The second kappa shape index (κ2) is 7.86. The van der Waals surface area contributed by atoms with E-state index in [0.717, 1.165) is 0 Å². The molecular formula is C11H12Cl2N4O2. The number of carbonyl (C=O) groups excluding carboxylic acids is 1. The number of rotatable bonds is 6. The van der Waals surface area contributed by atoms with Crippen molar-refractivity contribution >= 4 is 29.2 Å². The minimum absolute atomic E-state index is 0.200. The maximum atomic E-state index is 11.8. The molecule has 0 aliphatic rings. The smallest absolute Gasteiger partial charge is 0.327 e. The molecule has 102 valence electrons. The number of carbonyl (C=O) groups is 1. The Morgan fingerprint density at radius 3 is 2.68 bits per heavy atom. The maximum Gasteiger partial charge on any atom is 0.327 e. The van der Waals surface area contributed by atoms with Gasteiger partial charge in [0.1, 0.15) is 6.04 Å². The molecule has 0 fully saturated rings. The summed E-state index contributed by atoms with van der Waals surface area (Å²) in [5.41, 5.74) is 8.63. The van der Waals surface area contributed by atoms with Gasteiger partial charge in [-0.15, -0.1) is 0 Å². The Bertz CT molecular complexity index is 483. The van der Waals surface area contributed by atoms with Gasteiger partial charge in [-0.2, -0.15) is 0 Å². The lowest BCUT2D eigenvalue weighted by molar-refractivity contribution is -0.143. The summed E-state index contributed by atoms with van der Waals surface area (Å²) in [4.78, 5) is 14.4. The molecule has 1 N–H and O–H groups in total. The van der Waals surface area contributed by atoms with E-state index in [2.05, 4.69) is 15.3 Å². The van der Waals surface area contributed by atoms with E-state index in [1.807, 2.05) is 0 Å². The van der Waals surface area contributed by atoms with Crippen LogP contribution in [-0.4, -0.2) is 26.2 Å². The van der Waals surface area contributed by atoms with E-state index >= 15 is 0 Å². The molecule has 0 spiro atoms. The number of hydrogen-bond donors (Lipinski definition) is 1. The molecule has 1 atom stereocenters. The van der Waals surface area contributed by atoms with Crippen LogP contribution in [0.2, 0.25) is 10.0 Å². The number of hydrogen-bond acceptors (Lipinski definition) is 4. The summed E-state index contributed by atoms with van der Waals surface area (Å²) in [6, 6.07) is 4.14. The summed E-state index contributed by atoms with van der Waals surface area (Å²) in [5, 5.41) is 6.98. The first-order valence-corrected chi connectivity index (χ1v) is 6.13. The zero-order chi connectivity index (χ0) is 14.3. The average molecular weight is 303 g/mol. The molecule has 0 aliphatic heterocycles. The van der Waals surface area contributed by atoms with Gasteiger partial charge in [0, 0.05) is 33.6 Å². The van der Waals surface area contributed by atoms with E-state index in [1.165, 1.54) is 7.11 Å². The molecule has 1 aromatic carbocycles. The maximum absolute atomic E-state index is 11.8. The molecule has 0 radical (unpaired) electrons. The zero-order valence-electron chi connectivity index (χ0n) is 10.1. The lowest BCUT2D eigenvalue weighted by atomic mass is 10.1. The van der Waals surface area contributed by atoms with Crippen molar-refractivity contribution in [3.8, 4) is 0 Å². The highest BCUT2D eigenvalue weighted by Gasteiger charge is 2.25. The number of nitrogens with one attached hydrogen (secondary N) is 1. The summed E-state index contributed by atoms with van der Waals surface area (Å²) in [6.07, 6.45) is 0. The van der Waals surface area contributed by atoms with Crippen LogP contribution in [-0.2, 0) is 9.53 Å². The van der Waals surface area contributed by atoms with Crippen molar-refractivity contribution in [1.29, 1.82) is 0 Å². The van der Waals surface area contributed by atoms with Crippen LogP contribution in [0.4, 0.5) is 0 Å². The van der Waals surface area contributed by atoms with Gasteiger partial charge in [0.05, 0.1) is 7.11 Å². The second-order valence-electron chi connectivity index (χ2n) is 3.50. The first-order chi connectivity index (χ1) is 9.11. The topological polar surface area (TPSA) is 87.1 Å². The van der Waals surface area contributed by atoms with Crippen LogP contribution in [0.5, 0.6) is 0 Å². The summed E-state index contributed by atoms with van der Waals surface area (Å²) in [6.45, 7) is 0.497. The number of azide groups is 1. The molecule has 0 saturated heterocycles. The SMILES string of the molecule is COC(=O)C(NCCN=[N+]=[N-])c1c(Cl)cccc1Cl. The lowest BCUT2D eigenvalue weighted by Crippen LogP contribution is -2.31. The zero-order valence-corrected chi connectivity index (χ0v) is 11.6. The second-order valence-corrected chi connectivity index (χ2v) is 4.31. The largest absolute Gasteiger partial charge is 0.468 e. The molecule has 1 aromatic rings. The van der Waals surface area contributed by atoms with Gasteiger partial charge in [0.15, 0.2) is 0 Å². The van der Waals surface area contributed by atoms with Crippen molar-refractivity contribution in [1.82, 2.24) is 5.32 Å². The van der Waals surface area contributed by atoms with Gasteiger partial charge in [0.25, 0.3) is 0 Å². The molecule has 0 bridgehead atoms. The molecule has 6 nitrogen and oxygen atoms in total. The molecule has 0 aliphatic carbocycles. The van der Waals surface area contributed by atoms with E-state index in [1.54, 1.807) is 18.2 Å². The molecule has 19 heavy (non-hydrogen) atoms. The van der Waals surface area contributed by atoms with Gasteiger partial charge in [-0.05, 0) is 17.7 Å². The molecular weight excluding hydrogens is 291 g/mol. The van der Waals surface area contributed by atoms with Gasteiger partial charge < -0.3 is 10.1 Å². The summed E-state index contributed by atoms with van der Waals surface area (Å²) < 4.78 is 4.71. The first-order valence-electron chi connectivity index (χ1n) is 5.37. The third kappa shape index (κ3) is 4.29. The summed E-state index contributed by atoms with van der Waals surface area (Å²) >= 11 is 12.1. The Kier molecular flexibility index (Phi) is 6.45. The molecule has 0 aromatic heterocycles.